The van der Waals surface area contributed by atoms with Crippen molar-refractivity contribution in [1.82, 2.24) is 15.3 Å². The zero-order valence-corrected chi connectivity index (χ0v) is 12.4. The molecule has 4 nitrogen and oxygen atoms in total. The van der Waals surface area contributed by atoms with E-state index in [1.807, 2.05) is 0 Å². The fourth-order valence-electron chi connectivity index (χ4n) is 2.49. The predicted octanol–water partition coefficient (Wildman–Crippen LogP) is 2.10. The van der Waals surface area contributed by atoms with Crippen LogP contribution in [0.15, 0.2) is 36.7 Å². The minimum atomic E-state index is -0.671. The van der Waals surface area contributed by atoms with Gasteiger partial charge in [0.1, 0.15) is 11.6 Å². The molecule has 2 heterocycles. The maximum absolute atomic E-state index is 13.1. The average Bonchev–Trinajstić information content (AvgIpc) is 3.13. The first-order valence-electron chi connectivity index (χ1n) is 6.95. The average molecular weight is 307 g/mol. The van der Waals surface area contributed by atoms with Crippen LogP contribution in [-0.4, -0.2) is 38.7 Å². The first kappa shape index (κ1) is 14.6. The van der Waals surface area contributed by atoms with Crippen LogP contribution in [0.25, 0.3) is 0 Å². The number of nitrogens with zero attached hydrogens (tertiary/aromatic N) is 1. The Morgan fingerprint density at radius 2 is 2.24 bits per heavy atom. The number of benzene rings is 1. The van der Waals surface area contributed by atoms with Crippen LogP contribution in [0.4, 0.5) is 4.39 Å². The van der Waals surface area contributed by atoms with E-state index < -0.39 is 5.60 Å². The molecule has 1 fully saturated rings. The van der Waals surface area contributed by atoms with Crippen LogP contribution in [0.5, 0.6) is 0 Å². The number of hydrogen-bond acceptors (Lipinski definition) is 4. The minimum Gasteiger partial charge on any atom is -0.388 e. The summed E-state index contributed by atoms with van der Waals surface area (Å²) in [6.45, 7) is 0.489. The maximum atomic E-state index is 13.1. The van der Waals surface area contributed by atoms with Crippen LogP contribution >= 0.6 is 11.8 Å². The summed E-state index contributed by atoms with van der Waals surface area (Å²) in [5, 5.41) is 13.8. The van der Waals surface area contributed by atoms with Gasteiger partial charge in [-0.25, -0.2) is 9.37 Å². The molecule has 3 N–H and O–H groups in total. The number of imidazole rings is 1. The van der Waals surface area contributed by atoms with Gasteiger partial charge < -0.3 is 15.4 Å². The third kappa shape index (κ3) is 3.45. The van der Waals surface area contributed by atoms with Gasteiger partial charge in [0.15, 0.2) is 0 Å². The number of aromatic nitrogens is 2. The summed E-state index contributed by atoms with van der Waals surface area (Å²) in [5.74, 6) is 2.23. The molecular weight excluding hydrogens is 289 g/mol. The topological polar surface area (TPSA) is 60.9 Å². The van der Waals surface area contributed by atoms with E-state index in [2.05, 4.69) is 15.3 Å². The minimum absolute atomic E-state index is 0.185. The summed E-state index contributed by atoms with van der Waals surface area (Å²) >= 11 is 1.76. The lowest BCUT2D eigenvalue weighted by Gasteiger charge is -2.25. The van der Waals surface area contributed by atoms with Gasteiger partial charge in [-0.15, -0.1) is 0 Å². The maximum Gasteiger partial charge on any atom is 0.127 e. The number of aromatic amines is 1. The monoisotopic (exact) mass is 307 g/mol. The lowest BCUT2D eigenvalue weighted by Crippen LogP contribution is -2.42. The molecule has 0 saturated carbocycles. The van der Waals surface area contributed by atoms with Gasteiger partial charge in [0.05, 0.1) is 11.6 Å². The summed E-state index contributed by atoms with van der Waals surface area (Å²) in [6.07, 6.45) is 4.24. The van der Waals surface area contributed by atoms with Crippen molar-refractivity contribution < 1.29 is 9.50 Å². The summed E-state index contributed by atoms with van der Waals surface area (Å²) in [7, 11) is 0. The Morgan fingerprint density at radius 3 is 2.86 bits per heavy atom. The standard InChI is InChI=1S/C15H18FN3OS/c16-12-3-1-11(2-4-12)13(14-17-6-7-18-14)19-9-15(20)5-8-21-10-15/h1-4,6-7,13,19-20H,5,8-10H2,(H,17,18)/t13-,15-/m1/s1. The second kappa shape index (κ2) is 6.17. The molecule has 3 rings (SSSR count). The molecule has 1 aliphatic heterocycles. The number of aliphatic hydroxyl groups is 1. The Hall–Kier alpha value is -1.37. The van der Waals surface area contributed by atoms with Gasteiger partial charge in [0, 0.05) is 24.7 Å². The second-order valence-corrected chi connectivity index (χ2v) is 6.47. The highest BCUT2D eigenvalue weighted by atomic mass is 32.2. The van der Waals surface area contributed by atoms with Crippen LogP contribution in [0, 0.1) is 5.82 Å². The Morgan fingerprint density at radius 1 is 1.43 bits per heavy atom. The van der Waals surface area contributed by atoms with E-state index in [0.717, 1.165) is 29.3 Å². The Bertz CT molecular complexity index is 567. The fraction of sp³-hybridized carbons (Fsp3) is 0.400. The molecule has 112 valence electrons. The molecule has 0 unspecified atom stereocenters. The van der Waals surface area contributed by atoms with E-state index in [1.54, 1.807) is 36.3 Å². The van der Waals surface area contributed by atoms with Crippen molar-refractivity contribution in [3.63, 3.8) is 0 Å². The van der Waals surface area contributed by atoms with Crippen LogP contribution in [-0.2, 0) is 0 Å². The summed E-state index contributed by atoms with van der Waals surface area (Å²) in [4.78, 5) is 7.37. The normalized spacial score (nSPS) is 23.3. The molecule has 6 heteroatoms. The highest BCUT2D eigenvalue weighted by Crippen LogP contribution is 2.28. The first-order chi connectivity index (χ1) is 10.2. The highest BCUT2D eigenvalue weighted by Gasteiger charge is 2.32. The molecule has 1 aliphatic rings. The third-order valence-corrected chi connectivity index (χ3v) is 4.95. The molecule has 0 aliphatic carbocycles. The van der Waals surface area contributed by atoms with Crippen LogP contribution in [0.1, 0.15) is 23.9 Å². The van der Waals surface area contributed by atoms with E-state index in [1.165, 1.54) is 12.1 Å². The molecule has 21 heavy (non-hydrogen) atoms. The summed E-state index contributed by atoms with van der Waals surface area (Å²) < 4.78 is 13.1. The van der Waals surface area contributed by atoms with Crippen LogP contribution in [0.2, 0.25) is 0 Å². The van der Waals surface area contributed by atoms with E-state index in [4.69, 9.17) is 0 Å². The first-order valence-corrected chi connectivity index (χ1v) is 8.10. The van der Waals surface area contributed by atoms with Crippen molar-refractivity contribution in [2.45, 2.75) is 18.1 Å². The molecule has 0 amide bonds. The van der Waals surface area contributed by atoms with E-state index in [-0.39, 0.29) is 11.9 Å². The largest absolute Gasteiger partial charge is 0.388 e. The second-order valence-electron chi connectivity index (χ2n) is 5.37. The Labute approximate surface area is 127 Å². The van der Waals surface area contributed by atoms with Crippen LogP contribution in [0.3, 0.4) is 0 Å². The molecule has 0 radical (unpaired) electrons. The smallest absolute Gasteiger partial charge is 0.127 e. The molecule has 0 spiro atoms. The van der Waals surface area contributed by atoms with E-state index >= 15 is 0 Å². The van der Waals surface area contributed by atoms with Crippen molar-refractivity contribution in [3.8, 4) is 0 Å². The molecule has 0 bridgehead atoms. The van der Waals surface area contributed by atoms with Gasteiger partial charge >= 0.3 is 0 Å². The quantitative estimate of drug-likeness (QED) is 0.792. The van der Waals surface area contributed by atoms with Crippen molar-refractivity contribution in [2.75, 3.05) is 18.1 Å². The van der Waals surface area contributed by atoms with Gasteiger partial charge in [-0.3, -0.25) is 0 Å². The number of hydrogen-bond donors (Lipinski definition) is 3. The zero-order valence-electron chi connectivity index (χ0n) is 11.6. The van der Waals surface area contributed by atoms with Crippen molar-refractivity contribution in [2.24, 2.45) is 0 Å². The van der Waals surface area contributed by atoms with Crippen LogP contribution < -0.4 is 5.32 Å². The Balaban J connectivity index is 1.78. The van der Waals surface area contributed by atoms with E-state index in [9.17, 15) is 9.50 Å². The zero-order chi connectivity index (χ0) is 14.7. The van der Waals surface area contributed by atoms with Crippen molar-refractivity contribution in [1.29, 1.82) is 0 Å². The number of rotatable bonds is 5. The summed E-state index contributed by atoms with van der Waals surface area (Å²) in [5.41, 5.74) is 0.246. The Kier molecular flexibility index (Phi) is 4.28. The highest BCUT2D eigenvalue weighted by molar-refractivity contribution is 7.99. The van der Waals surface area contributed by atoms with Crippen molar-refractivity contribution in [3.05, 3.63) is 53.9 Å². The molecule has 2 aromatic rings. The van der Waals surface area contributed by atoms with Gasteiger partial charge in [0.2, 0.25) is 0 Å². The molecule has 1 saturated heterocycles. The molecular formula is C15H18FN3OS. The fourth-order valence-corrected chi connectivity index (χ4v) is 3.79. The molecule has 1 aromatic heterocycles. The SMILES string of the molecule is O[C@@]1(CN[C@H](c2ccc(F)cc2)c2ncc[nH]2)CCSC1. The van der Waals surface area contributed by atoms with Gasteiger partial charge in [-0.2, -0.15) is 11.8 Å². The molecule has 1 aromatic carbocycles. The predicted molar refractivity (Wildman–Crippen MR) is 81.7 cm³/mol. The van der Waals surface area contributed by atoms with Gasteiger partial charge in [0.25, 0.3) is 0 Å². The number of H-pyrrole nitrogens is 1. The van der Waals surface area contributed by atoms with Gasteiger partial charge in [-0.1, -0.05) is 12.1 Å². The van der Waals surface area contributed by atoms with Gasteiger partial charge in [-0.05, 0) is 29.9 Å². The summed E-state index contributed by atoms with van der Waals surface area (Å²) in [6, 6.07) is 6.17. The number of thioether (sulfide) groups is 1. The molecule has 2 atom stereocenters. The van der Waals surface area contributed by atoms with Crippen molar-refractivity contribution >= 4 is 11.8 Å². The number of halogens is 1. The lowest BCUT2D eigenvalue weighted by molar-refractivity contribution is 0.0656. The third-order valence-electron chi connectivity index (χ3n) is 3.71. The van der Waals surface area contributed by atoms with E-state index in [0.29, 0.717) is 6.54 Å². The lowest BCUT2D eigenvalue weighted by atomic mass is 10.0. The number of nitrogens with one attached hydrogen (secondary N) is 2.